The molecular weight excluding hydrogens is 182 g/mol. The normalized spacial score (nSPS) is 28.7. The minimum atomic E-state index is -0.723. The van der Waals surface area contributed by atoms with E-state index in [1.54, 1.807) is 11.8 Å². The van der Waals surface area contributed by atoms with Gasteiger partial charge in [-0.15, -0.1) is 11.8 Å². The van der Waals surface area contributed by atoms with Crippen molar-refractivity contribution in [3.8, 4) is 0 Å². The Hall–Kier alpha value is -0.510. The standard InChI is InChI=1S/C10H13NOS/c12-10(8-11-6-7-13-10)9-4-2-1-3-5-9/h1-5,11-12H,6-8H2. The van der Waals surface area contributed by atoms with Gasteiger partial charge < -0.3 is 10.4 Å². The SMILES string of the molecule is OC1(c2ccccc2)CNCCS1. The second-order valence-electron chi connectivity index (χ2n) is 3.18. The molecule has 0 aliphatic carbocycles. The van der Waals surface area contributed by atoms with E-state index in [9.17, 15) is 5.11 Å². The molecule has 1 atom stereocenters. The van der Waals surface area contributed by atoms with Crippen molar-refractivity contribution in [3.05, 3.63) is 35.9 Å². The topological polar surface area (TPSA) is 32.3 Å². The number of β-amino-alcohol motifs (C(OH)–C–C–N with tert-alkyl or cyclic N) is 1. The van der Waals surface area contributed by atoms with Gasteiger partial charge in [-0.1, -0.05) is 30.3 Å². The molecule has 70 valence electrons. The Labute approximate surface area is 82.4 Å². The molecule has 0 radical (unpaired) electrons. The summed E-state index contributed by atoms with van der Waals surface area (Å²) >= 11 is 1.61. The average molecular weight is 195 g/mol. The Morgan fingerprint density at radius 1 is 1.31 bits per heavy atom. The molecule has 0 saturated carbocycles. The maximum Gasteiger partial charge on any atom is 0.148 e. The molecule has 1 fully saturated rings. The van der Waals surface area contributed by atoms with E-state index < -0.39 is 4.93 Å². The summed E-state index contributed by atoms with van der Waals surface area (Å²) in [6.07, 6.45) is 0. The van der Waals surface area contributed by atoms with Crippen molar-refractivity contribution in [2.24, 2.45) is 0 Å². The lowest BCUT2D eigenvalue weighted by molar-refractivity contribution is 0.132. The molecule has 0 amide bonds. The van der Waals surface area contributed by atoms with Crippen molar-refractivity contribution < 1.29 is 5.11 Å². The third kappa shape index (κ3) is 1.88. The minimum Gasteiger partial charge on any atom is -0.374 e. The van der Waals surface area contributed by atoms with Gasteiger partial charge in [0.2, 0.25) is 0 Å². The van der Waals surface area contributed by atoms with Crippen molar-refractivity contribution in [3.63, 3.8) is 0 Å². The quantitative estimate of drug-likeness (QED) is 0.705. The summed E-state index contributed by atoms with van der Waals surface area (Å²) in [5.41, 5.74) is 0.993. The number of rotatable bonds is 1. The predicted molar refractivity (Wildman–Crippen MR) is 55.7 cm³/mol. The molecule has 0 bridgehead atoms. The van der Waals surface area contributed by atoms with Crippen molar-refractivity contribution in [2.75, 3.05) is 18.8 Å². The molecule has 2 N–H and O–H groups in total. The summed E-state index contributed by atoms with van der Waals surface area (Å²) in [5.74, 6) is 0.964. The Morgan fingerprint density at radius 2 is 2.08 bits per heavy atom. The van der Waals surface area contributed by atoms with E-state index >= 15 is 0 Å². The third-order valence-electron chi connectivity index (χ3n) is 2.21. The van der Waals surface area contributed by atoms with Gasteiger partial charge in [-0.05, 0) is 5.56 Å². The molecule has 1 aromatic rings. The zero-order valence-corrected chi connectivity index (χ0v) is 8.18. The highest BCUT2D eigenvalue weighted by molar-refractivity contribution is 8.00. The van der Waals surface area contributed by atoms with Crippen molar-refractivity contribution in [1.82, 2.24) is 5.32 Å². The molecule has 1 heterocycles. The number of hydrogen-bond acceptors (Lipinski definition) is 3. The zero-order chi connectivity index (χ0) is 9.15. The Kier molecular flexibility index (Phi) is 2.58. The van der Waals surface area contributed by atoms with E-state index in [0.29, 0.717) is 6.54 Å². The van der Waals surface area contributed by atoms with Crippen LogP contribution in [0.1, 0.15) is 5.56 Å². The van der Waals surface area contributed by atoms with Crippen LogP contribution in [-0.4, -0.2) is 23.9 Å². The first kappa shape index (κ1) is 9.06. The van der Waals surface area contributed by atoms with Crippen LogP contribution in [0.5, 0.6) is 0 Å². The summed E-state index contributed by atoms with van der Waals surface area (Å²) < 4.78 is 0. The van der Waals surface area contributed by atoms with Crippen LogP contribution >= 0.6 is 11.8 Å². The Balaban J connectivity index is 2.23. The number of nitrogens with one attached hydrogen (secondary N) is 1. The zero-order valence-electron chi connectivity index (χ0n) is 7.36. The van der Waals surface area contributed by atoms with Crippen LogP contribution < -0.4 is 5.32 Å². The van der Waals surface area contributed by atoms with Gasteiger partial charge in [-0.2, -0.15) is 0 Å². The van der Waals surface area contributed by atoms with E-state index in [2.05, 4.69) is 5.32 Å². The largest absolute Gasteiger partial charge is 0.374 e. The van der Waals surface area contributed by atoms with Gasteiger partial charge in [0.25, 0.3) is 0 Å². The maximum absolute atomic E-state index is 10.2. The Morgan fingerprint density at radius 3 is 2.69 bits per heavy atom. The highest BCUT2D eigenvalue weighted by Gasteiger charge is 2.31. The smallest absolute Gasteiger partial charge is 0.148 e. The number of aliphatic hydroxyl groups is 1. The Bertz CT molecular complexity index is 270. The molecule has 13 heavy (non-hydrogen) atoms. The van der Waals surface area contributed by atoms with Crippen LogP contribution in [0.25, 0.3) is 0 Å². The van der Waals surface area contributed by atoms with Crippen molar-refractivity contribution >= 4 is 11.8 Å². The number of hydrogen-bond donors (Lipinski definition) is 2. The first-order valence-electron chi connectivity index (χ1n) is 4.44. The lowest BCUT2D eigenvalue weighted by atomic mass is 10.1. The average Bonchev–Trinajstić information content (AvgIpc) is 2.20. The highest BCUT2D eigenvalue weighted by atomic mass is 32.2. The highest BCUT2D eigenvalue weighted by Crippen LogP contribution is 2.34. The fraction of sp³-hybridized carbons (Fsp3) is 0.400. The fourth-order valence-electron chi connectivity index (χ4n) is 1.48. The first-order chi connectivity index (χ1) is 6.31. The first-order valence-corrected chi connectivity index (χ1v) is 5.42. The second-order valence-corrected chi connectivity index (χ2v) is 4.55. The summed E-state index contributed by atoms with van der Waals surface area (Å²) in [6, 6.07) is 9.83. The van der Waals surface area contributed by atoms with E-state index in [1.807, 2.05) is 30.3 Å². The van der Waals surface area contributed by atoms with Crippen LogP contribution in [0.15, 0.2) is 30.3 Å². The molecule has 1 aromatic carbocycles. The summed E-state index contributed by atoms with van der Waals surface area (Å²) in [6.45, 7) is 1.63. The summed E-state index contributed by atoms with van der Waals surface area (Å²) in [4.78, 5) is -0.723. The van der Waals surface area contributed by atoms with E-state index in [0.717, 1.165) is 17.9 Å². The van der Waals surface area contributed by atoms with Gasteiger partial charge in [0, 0.05) is 18.8 Å². The lowest BCUT2D eigenvalue weighted by Crippen LogP contribution is -2.41. The van der Waals surface area contributed by atoms with E-state index in [4.69, 9.17) is 0 Å². The third-order valence-corrected chi connectivity index (χ3v) is 3.48. The molecule has 2 rings (SSSR count). The number of benzene rings is 1. The van der Waals surface area contributed by atoms with Gasteiger partial charge in [-0.3, -0.25) is 0 Å². The van der Waals surface area contributed by atoms with Crippen molar-refractivity contribution in [1.29, 1.82) is 0 Å². The molecule has 0 aromatic heterocycles. The van der Waals surface area contributed by atoms with Crippen molar-refractivity contribution in [2.45, 2.75) is 4.93 Å². The fourth-order valence-corrected chi connectivity index (χ4v) is 2.58. The van der Waals surface area contributed by atoms with Crippen LogP contribution in [0.4, 0.5) is 0 Å². The molecule has 1 saturated heterocycles. The molecule has 1 unspecified atom stereocenters. The second kappa shape index (κ2) is 3.70. The van der Waals surface area contributed by atoms with Gasteiger partial charge in [-0.25, -0.2) is 0 Å². The van der Waals surface area contributed by atoms with E-state index in [-0.39, 0.29) is 0 Å². The van der Waals surface area contributed by atoms with Gasteiger partial charge in [0.15, 0.2) is 0 Å². The minimum absolute atomic E-state index is 0.641. The van der Waals surface area contributed by atoms with Crippen LogP contribution in [0.3, 0.4) is 0 Å². The van der Waals surface area contributed by atoms with E-state index in [1.165, 1.54) is 0 Å². The summed E-state index contributed by atoms with van der Waals surface area (Å²) in [7, 11) is 0. The number of thioether (sulfide) groups is 1. The molecule has 3 heteroatoms. The van der Waals surface area contributed by atoms with Crippen LogP contribution in [0, 0.1) is 0 Å². The maximum atomic E-state index is 10.2. The van der Waals surface area contributed by atoms with Gasteiger partial charge >= 0.3 is 0 Å². The molecule has 0 spiro atoms. The van der Waals surface area contributed by atoms with Crippen LogP contribution in [-0.2, 0) is 4.93 Å². The molecule has 1 aliphatic heterocycles. The van der Waals surface area contributed by atoms with Gasteiger partial charge in [0.1, 0.15) is 4.93 Å². The monoisotopic (exact) mass is 195 g/mol. The predicted octanol–water partition coefficient (Wildman–Crippen LogP) is 1.17. The van der Waals surface area contributed by atoms with Crippen LogP contribution in [0.2, 0.25) is 0 Å². The molecular formula is C10H13NOS. The summed E-state index contributed by atoms with van der Waals surface area (Å²) in [5, 5.41) is 13.4. The molecule has 1 aliphatic rings. The lowest BCUT2D eigenvalue weighted by Gasteiger charge is -2.32. The van der Waals surface area contributed by atoms with Gasteiger partial charge in [0.05, 0.1) is 0 Å². The molecule has 2 nitrogen and oxygen atoms in total.